The Morgan fingerprint density at radius 2 is 1.13 bits per heavy atom. The van der Waals surface area contributed by atoms with Crippen LogP contribution in [0, 0.1) is 49.5 Å². The van der Waals surface area contributed by atoms with Crippen LogP contribution in [0.25, 0.3) is 33.9 Å². The number of aryl methyl sites for hydroxylation is 3. The fourth-order valence-electron chi connectivity index (χ4n) is 7.83. The van der Waals surface area contributed by atoms with Crippen LogP contribution in [0.15, 0.2) is 138 Å². The average Bonchev–Trinajstić information content (AvgIpc) is 3.97. The number of nitrogens with one attached hydrogen (secondary N) is 1. The summed E-state index contributed by atoms with van der Waals surface area (Å²) in [6.45, 7) is 14.1. The molecule has 0 saturated heterocycles. The molecule has 0 bridgehead atoms. The minimum atomic E-state index is -1.16. The van der Waals surface area contributed by atoms with Crippen LogP contribution in [0.3, 0.4) is 0 Å². The fourth-order valence-corrected chi connectivity index (χ4v) is 8.19. The molecule has 0 aliphatic heterocycles. The van der Waals surface area contributed by atoms with Crippen LogP contribution < -0.4 is 20.5 Å². The molecule has 2 aromatic heterocycles. The number of nitrogens with two attached hydrogens (primary N) is 1. The Labute approximate surface area is 453 Å². The van der Waals surface area contributed by atoms with Crippen molar-refractivity contribution in [1.29, 1.82) is 0 Å². The predicted octanol–water partition coefficient (Wildman–Crippen LogP) is 14.4. The van der Waals surface area contributed by atoms with Crippen molar-refractivity contribution in [3.8, 4) is 45.4 Å². The number of hydrogen-bond acceptors (Lipinski definition) is 8. The van der Waals surface area contributed by atoms with Crippen LogP contribution in [-0.4, -0.2) is 52.9 Å². The summed E-state index contributed by atoms with van der Waals surface area (Å²) in [6.07, 6.45) is 0. The van der Waals surface area contributed by atoms with E-state index in [0.29, 0.717) is 56.5 Å². The van der Waals surface area contributed by atoms with Crippen molar-refractivity contribution in [2.75, 3.05) is 31.9 Å². The molecule has 4 N–H and O–H groups in total. The maximum atomic E-state index is 14.2. The van der Waals surface area contributed by atoms with Crippen LogP contribution >= 0.6 is 15.9 Å². The Kier molecular flexibility index (Phi) is 19.3. The average molecular weight is 1120 g/mol. The molecule has 8 rings (SSSR count). The fraction of sp³-hybridized carbons (Fsp3) is 0.217. The Bertz CT molecular complexity index is 3430. The number of aromatic nitrogens is 2. The van der Waals surface area contributed by atoms with Gasteiger partial charge in [0.25, 0.3) is 0 Å². The number of anilines is 2. The zero-order valence-corrected chi connectivity index (χ0v) is 45.6. The van der Waals surface area contributed by atoms with Gasteiger partial charge in [-0.3, -0.25) is 4.79 Å². The number of rotatable bonds is 15. The number of aromatic carboxylic acids is 1. The maximum absolute atomic E-state index is 14.2. The number of ether oxygens (including phenoxy) is 4. The molecule has 2 heterocycles. The van der Waals surface area contributed by atoms with Gasteiger partial charge >= 0.3 is 11.9 Å². The first-order chi connectivity index (χ1) is 36.4. The third kappa shape index (κ3) is 15.7. The van der Waals surface area contributed by atoms with Gasteiger partial charge in [-0.1, -0.05) is 55.3 Å². The number of methoxy groups -OCH3 is 2. The molecule has 0 radical (unpaired) electrons. The summed E-state index contributed by atoms with van der Waals surface area (Å²) >= 11 is 3.48. The van der Waals surface area contributed by atoms with Gasteiger partial charge in [0.05, 0.1) is 29.6 Å². The van der Waals surface area contributed by atoms with Gasteiger partial charge in [0.2, 0.25) is 5.91 Å². The highest BCUT2D eigenvalue weighted by Gasteiger charge is 2.20. The minimum absolute atomic E-state index is 0.0215. The zero-order chi connectivity index (χ0) is 56.3. The van der Waals surface area contributed by atoms with Gasteiger partial charge in [0, 0.05) is 80.1 Å². The molecule has 402 valence electrons. The molecule has 0 spiro atoms. The van der Waals surface area contributed by atoms with Crippen molar-refractivity contribution < 1.29 is 56.0 Å². The molecule has 8 aromatic rings. The van der Waals surface area contributed by atoms with E-state index < -0.39 is 41.1 Å². The molecule has 12 nitrogen and oxygen atoms in total. The van der Waals surface area contributed by atoms with Crippen LogP contribution in [0.4, 0.5) is 28.9 Å². The summed E-state index contributed by atoms with van der Waals surface area (Å²) in [5, 5.41) is 12.3. The SMILES string of the molecule is CC(C)(C)C.COC(=O)c1cc(N)cc(-n2c(C)ccc2-c2cc(C)ccc2OCc2ccc(F)cc2F)c1.COCC(=O)Nc1cc(C(=O)O)cc(-n2c(C)ccc2-c2cc(Br)ccc2OCc2ccc(F)cc2F)c1. The first-order valence-electron chi connectivity index (χ1n) is 24.0. The normalized spacial score (nSPS) is 10.9. The lowest BCUT2D eigenvalue weighted by atomic mass is 10.0. The number of nitrogen functional groups attached to an aromatic ring is 1. The molecule has 17 heteroatoms. The minimum Gasteiger partial charge on any atom is -0.488 e. The van der Waals surface area contributed by atoms with Gasteiger partial charge in [-0.05, 0) is 141 Å². The van der Waals surface area contributed by atoms with Crippen LogP contribution in [0.2, 0.25) is 0 Å². The number of amides is 1. The quantitative estimate of drug-likeness (QED) is 0.0517. The molecular formula is C60H59BrF4N4O8. The molecule has 0 unspecified atom stereocenters. The predicted molar refractivity (Wildman–Crippen MR) is 294 cm³/mol. The number of carboxylic acid groups (broad SMARTS) is 1. The van der Waals surface area contributed by atoms with Crippen LogP contribution in [0.5, 0.6) is 11.5 Å². The number of carbonyl (C=O) groups is 3. The Balaban J connectivity index is 0.000000230. The molecule has 0 aliphatic rings. The van der Waals surface area contributed by atoms with Gasteiger partial charge < -0.3 is 44.2 Å². The van der Waals surface area contributed by atoms with E-state index in [0.717, 1.165) is 50.9 Å². The molecule has 6 aromatic carbocycles. The molecule has 0 aliphatic carbocycles. The number of nitrogens with zero attached hydrogens (tertiary/aromatic N) is 2. The molecule has 1 amide bonds. The standard InChI is InChI=1S/C28H23BrF2N2O5.C27H24F2N2O3.C5H12/c1-16-3-7-25(33(16)22-10-18(28(35)36)9-21(13-22)32-27(34)15-37-2)23-11-19(29)5-8-26(23)38-14-17-4-6-20(30)12-24(17)31;1-16-4-9-26(34-15-18-6-7-20(28)13-24(18)29)23(10-16)25-8-5-17(2)31(25)22-12-19(27(32)33-3)11-21(30)14-22;1-5(2,3)4/h3-13H,14-15H2,1-2H3,(H,32,34)(H,35,36);4-14H,15,30H2,1-3H3;1-4H3. The van der Waals surface area contributed by atoms with E-state index in [1.807, 2.05) is 78.4 Å². The number of benzene rings is 6. The van der Waals surface area contributed by atoms with Gasteiger partial charge in [0.15, 0.2) is 0 Å². The number of esters is 1. The number of hydrogen-bond donors (Lipinski definition) is 3. The summed E-state index contributed by atoms with van der Waals surface area (Å²) in [7, 11) is 2.70. The van der Waals surface area contributed by atoms with Gasteiger partial charge in [-0.15, -0.1) is 0 Å². The maximum Gasteiger partial charge on any atom is 0.337 e. The van der Waals surface area contributed by atoms with E-state index in [4.69, 9.17) is 24.7 Å². The third-order valence-corrected chi connectivity index (χ3v) is 11.7. The summed E-state index contributed by atoms with van der Waals surface area (Å²) in [6, 6.07) is 34.8. The summed E-state index contributed by atoms with van der Waals surface area (Å²) < 4.78 is 81.1. The van der Waals surface area contributed by atoms with Gasteiger partial charge in [0.1, 0.15) is 54.6 Å². The van der Waals surface area contributed by atoms with Crippen molar-refractivity contribution >= 4 is 45.2 Å². The van der Waals surface area contributed by atoms with Gasteiger partial charge in [-0.25, -0.2) is 27.2 Å². The second kappa shape index (κ2) is 25.6. The van der Waals surface area contributed by atoms with Crippen molar-refractivity contribution in [1.82, 2.24) is 9.13 Å². The molecule has 0 atom stereocenters. The number of halogens is 5. The Hall–Kier alpha value is -8.15. The smallest absolute Gasteiger partial charge is 0.337 e. The Morgan fingerprint density at radius 1 is 0.623 bits per heavy atom. The van der Waals surface area contributed by atoms with Crippen LogP contribution in [-0.2, 0) is 27.5 Å². The van der Waals surface area contributed by atoms with Gasteiger partial charge in [-0.2, -0.15) is 0 Å². The highest BCUT2D eigenvalue weighted by Crippen LogP contribution is 2.38. The lowest BCUT2D eigenvalue weighted by Gasteiger charge is -2.18. The second-order valence-electron chi connectivity index (χ2n) is 19.4. The highest BCUT2D eigenvalue weighted by atomic mass is 79.9. The van der Waals surface area contributed by atoms with Crippen molar-refractivity contribution in [3.63, 3.8) is 0 Å². The lowest BCUT2D eigenvalue weighted by molar-refractivity contribution is -0.119. The van der Waals surface area contributed by atoms with Crippen molar-refractivity contribution in [3.05, 3.63) is 200 Å². The summed E-state index contributed by atoms with van der Waals surface area (Å²) in [5.41, 5.74) is 14.8. The molecule has 0 fully saturated rings. The molecule has 0 saturated carbocycles. The summed E-state index contributed by atoms with van der Waals surface area (Å²) in [4.78, 5) is 36.1. The summed E-state index contributed by atoms with van der Waals surface area (Å²) in [5.74, 6) is -3.80. The van der Waals surface area contributed by atoms with Crippen molar-refractivity contribution in [2.45, 2.75) is 61.7 Å². The highest BCUT2D eigenvalue weighted by molar-refractivity contribution is 9.10. The van der Waals surface area contributed by atoms with E-state index in [2.05, 4.69) is 48.9 Å². The zero-order valence-electron chi connectivity index (χ0n) is 44.0. The van der Waals surface area contributed by atoms with E-state index in [9.17, 15) is 37.1 Å². The largest absolute Gasteiger partial charge is 0.488 e. The first kappa shape index (κ1) is 58.1. The first-order valence-corrected chi connectivity index (χ1v) is 24.8. The van der Waals surface area contributed by atoms with E-state index in [-0.39, 0.29) is 36.5 Å². The van der Waals surface area contributed by atoms with E-state index in [1.54, 1.807) is 36.4 Å². The monoisotopic (exact) mass is 1120 g/mol. The Morgan fingerprint density at radius 3 is 1.64 bits per heavy atom. The second-order valence-corrected chi connectivity index (χ2v) is 20.4. The third-order valence-electron chi connectivity index (χ3n) is 11.2. The molecule has 77 heavy (non-hydrogen) atoms. The van der Waals surface area contributed by atoms with E-state index in [1.165, 1.54) is 44.6 Å². The van der Waals surface area contributed by atoms with Crippen molar-refractivity contribution in [2.24, 2.45) is 5.41 Å². The van der Waals surface area contributed by atoms with Crippen LogP contribution in [0.1, 0.15) is 76.5 Å². The number of carboxylic acids is 1. The number of carbonyl (C=O) groups excluding carboxylic acids is 2. The topological polar surface area (TPSA) is 156 Å². The lowest BCUT2D eigenvalue weighted by Crippen LogP contribution is -2.17. The van der Waals surface area contributed by atoms with E-state index >= 15 is 0 Å². The molecular weight excluding hydrogens is 1060 g/mol.